The highest BCUT2D eigenvalue weighted by atomic mass is 32.2. The van der Waals surface area contributed by atoms with Crippen molar-refractivity contribution < 1.29 is 13.2 Å². The molecule has 0 aromatic carbocycles. The quantitative estimate of drug-likeness (QED) is 0.422. The minimum atomic E-state index is -3.43. The number of thioether (sulfide) groups is 1. The Hall–Kier alpha value is -1.43. The molecule has 2 aromatic heterocycles. The van der Waals surface area contributed by atoms with E-state index in [9.17, 15) is 13.2 Å². The van der Waals surface area contributed by atoms with E-state index in [1.807, 2.05) is 6.26 Å². The Labute approximate surface area is 198 Å². The number of sulfonamides is 1. The van der Waals surface area contributed by atoms with E-state index >= 15 is 0 Å². The first-order chi connectivity index (χ1) is 15.5. The van der Waals surface area contributed by atoms with E-state index < -0.39 is 10.0 Å². The molecule has 1 aliphatic heterocycles. The third-order valence-corrected chi connectivity index (χ3v) is 10.3. The fourth-order valence-electron chi connectivity index (χ4n) is 4.64. The van der Waals surface area contributed by atoms with Crippen LogP contribution in [-0.2, 0) is 21.2 Å². The van der Waals surface area contributed by atoms with Gasteiger partial charge in [-0.25, -0.2) is 8.42 Å². The van der Waals surface area contributed by atoms with Crippen LogP contribution in [0.15, 0.2) is 26.9 Å². The molecule has 8 nitrogen and oxygen atoms in total. The molecular weight excluding hydrogens is 466 g/mol. The molecule has 0 bridgehead atoms. The van der Waals surface area contributed by atoms with Crippen molar-refractivity contribution in [3.05, 3.63) is 23.3 Å². The topological polar surface area (TPSA) is 97.2 Å². The first-order valence-corrected chi connectivity index (χ1v) is 14.8. The molecule has 32 heavy (non-hydrogen) atoms. The molecule has 1 saturated heterocycles. The van der Waals surface area contributed by atoms with E-state index in [1.54, 1.807) is 29.3 Å². The fraction of sp³-hybridized carbons (Fsp3) is 0.667. The minimum Gasteiger partial charge on any atom is -0.356 e. The number of hydrogen-bond donors (Lipinski definition) is 1. The standard InChI is InChI=1S/C21H31N5O3S3/c1-30-21-24-23-18(26(21)17-6-2-3-7-17)8-4-12-22-20(27)16-10-13-25(14-11-16)32(28,29)19-9-5-15-31-19/h5,9,15-17H,2-4,6-8,10-14H2,1H3,(H,22,27). The number of amides is 1. The minimum absolute atomic E-state index is 0.0280. The van der Waals surface area contributed by atoms with Crippen LogP contribution in [0.4, 0.5) is 0 Å². The molecule has 2 aliphatic rings. The molecule has 11 heteroatoms. The lowest BCUT2D eigenvalue weighted by Crippen LogP contribution is -2.43. The number of rotatable bonds is 9. The molecule has 0 spiro atoms. The summed E-state index contributed by atoms with van der Waals surface area (Å²) in [5.41, 5.74) is 0. The van der Waals surface area contributed by atoms with Gasteiger partial charge in [0, 0.05) is 38.0 Å². The summed E-state index contributed by atoms with van der Waals surface area (Å²) in [5, 5.41) is 14.6. The molecule has 1 N–H and O–H groups in total. The largest absolute Gasteiger partial charge is 0.356 e. The summed E-state index contributed by atoms with van der Waals surface area (Å²) in [6, 6.07) is 3.89. The van der Waals surface area contributed by atoms with Crippen LogP contribution >= 0.6 is 23.1 Å². The lowest BCUT2D eigenvalue weighted by Gasteiger charge is -2.30. The molecule has 3 heterocycles. The number of hydrogen-bond acceptors (Lipinski definition) is 7. The van der Waals surface area contributed by atoms with Gasteiger partial charge in [-0.05, 0) is 49.8 Å². The summed E-state index contributed by atoms with van der Waals surface area (Å²) in [4.78, 5) is 12.6. The molecule has 1 saturated carbocycles. The number of nitrogens with one attached hydrogen (secondary N) is 1. The Kier molecular flexibility index (Phi) is 7.91. The van der Waals surface area contributed by atoms with Crippen LogP contribution in [0.3, 0.4) is 0 Å². The van der Waals surface area contributed by atoms with Crippen molar-refractivity contribution in [1.82, 2.24) is 24.4 Å². The maximum absolute atomic E-state index is 12.6. The average Bonchev–Trinajstić information content (AvgIpc) is 3.57. The first-order valence-electron chi connectivity index (χ1n) is 11.3. The Bertz CT molecular complexity index is 992. The molecule has 0 atom stereocenters. The van der Waals surface area contributed by atoms with Crippen molar-refractivity contribution in [1.29, 1.82) is 0 Å². The summed E-state index contributed by atoms with van der Waals surface area (Å²) in [5.74, 6) is 0.915. The van der Waals surface area contributed by atoms with E-state index in [2.05, 4.69) is 20.1 Å². The number of thiophene rings is 1. The van der Waals surface area contributed by atoms with E-state index in [4.69, 9.17) is 0 Å². The van der Waals surface area contributed by atoms with Gasteiger partial charge in [-0.3, -0.25) is 4.79 Å². The SMILES string of the molecule is CSc1nnc(CCCNC(=O)C2CCN(S(=O)(=O)c3cccs3)CC2)n1C1CCCC1. The van der Waals surface area contributed by atoms with Gasteiger partial charge in [0.05, 0.1) is 0 Å². The zero-order valence-electron chi connectivity index (χ0n) is 18.4. The van der Waals surface area contributed by atoms with Gasteiger partial charge in [0.15, 0.2) is 5.16 Å². The number of aromatic nitrogens is 3. The van der Waals surface area contributed by atoms with Crippen LogP contribution in [0.2, 0.25) is 0 Å². The normalized spacial score (nSPS) is 18.9. The van der Waals surface area contributed by atoms with E-state index in [0.29, 0.717) is 42.7 Å². The lowest BCUT2D eigenvalue weighted by atomic mass is 9.97. The molecular formula is C21H31N5O3S3. The summed E-state index contributed by atoms with van der Waals surface area (Å²) in [7, 11) is -3.43. The number of piperidine rings is 1. The molecule has 4 rings (SSSR count). The summed E-state index contributed by atoms with van der Waals surface area (Å²) >= 11 is 2.87. The van der Waals surface area contributed by atoms with Crippen LogP contribution in [0.5, 0.6) is 0 Å². The molecule has 0 unspecified atom stereocenters. The lowest BCUT2D eigenvalue weighted by molar-refractivity contribution is -0.126. The average molecular weight is 498 g/mol. The van der Waals surface area contributed by atoms with Crippen LogP contribution in [0, 0.1) is 5.92 Å². The van der Waals surface area contributed by atoms with Crippen LogP contribution in [0.25, 0.3) is 0 Å². The second-order valence-corrected chi connectivity index (χ2v) is 12.3. The molecule has 1 aliphatic carbocycles. The second kappa shape index (κ2) is 10.7. The Balaban J connectivity index is 1.22. The maximum Gasteiger partial charge on any atom is 0.252 e. The van der Waals surface area contributed by atoms with Gasteiger partial charge >= 0.3 is 0 Å². The van der Waals surface area contributed by atoms with Crippen molar-refractivity contribution in [2.75, 3.05) is 25.9 Å². The van der Waals surface area contributed by atoms with Crippen molar-refractivity contribution in [2.45, 2.75) is 66.8 Å². The van der Waals surface area contributed by atoms with E-state index in [-0.39, 0.29) is 11.8 Å². The predicted octanol–water partition coefficient (Wildman–Crippen LogP) is 3.33. The highest BCUT2D eigenvalue weighted by Gasteiger charge is 2.32. The molecule has 0 radical (unpaired) electrons. The summed E-state index contributed by atoms with van der Waals surface area (Å²) in [6.45, 7) is 1.37. The third kappa shape index (κ3) is 5.21. The number of nitrogens with zero attached hydrogens (tertiary/aromatic N) is 4. The smallest absolute Gasteiger partial charge is 0.252 e. The predicted molar refractivity (Wildman–Crippen MR) is 126 cm³/mol. The maximum atomic E-state index is 12.6. The number of carbonyl (C=O) groups excluding carboxylic acids is 1. The van der Waals surface area contributed by atoms with Crippen molar-refractivity contribution in [3.63, 3.8) is 0 Å². The van der Waals surface area contributed by atoms with Crippen LogP contribution in [0.1, 0.15) is 56.8 Å². The first kappa shape index (κ1) is 23.7. The van der Waals surface area contributed by atoms with Gasteiger partial charge in [0.25, 0.3) is 10.0 Å². The summed E-state index contributed by atoms with van der Waals surface area (Å²) in [6.07, 6.45) is 9.67. The van der Waals surface area contributed by atoms with Gasteiger partial charge in [-0.15, -0.1) is 21.5 Å². The van der Waals surface area contributed by atoms with Gasteiger partial charge in [0.2, 0.25) is 5.91 Å². The zero-order valence-corrected chi connectivity index (χ0v) is 20.9. The highest BCUT2D eigenvalue weighted by molar-refractivity contribution is 7.98. The van der Waals surface area contributed by atoms with Gasteiger partial charge < -0.3 is 9.88 Å². The van der Waals surface area contributed by atoms with Crippen LogP contribution in [-0.4, -0.2) is 59.3 Å². The fourth-order valence-corrected chi connectivity index (χ4v) is 7.83. The Morgan fingerprint density at radius 2 is 1.97 bits per heavy atom. The van der Waals surface area contributed by atoms with Gasteiger partial charge in [-0.1, -0.05) is 30.7 Å². The summed E-state index contributed by atoms with van der Waals surface area (Å²) < 4.78 is 29.5. The van der Waals surface area contributed by atoms with Gasteiger partial charge in [-0.2, -0.15) is 4.31 Å². The zero-order chi connectivity index (χ0) is 22.6. The molecule has 2 aromatic rings. The Morgan fingerprint density at radius 1 is 1.22 bits per heavy atom. The third-order valence-electron chi connectivity index (χ3n) is 6.40. The van der Waals surface area contributed by atoms with Crippen molar-refractivity contribution >= 4 is 39.0 Å². The highest BCUT2D eigenvalue weighted by Crippen LogP contribution is 2.33. The van der Waals surface area contributed by atoms with Crippen molar-refractivity contribution in [3.8, 4) is 0 Å². The van der Waals surface area contributed by atoms with Crippen molar-refractivity contribution in [2.24, 2.45) is 5.92 Å². The van der Waals surface area contributed by atoms with Crippen LogP contribution < -0.4 is 5.32 Å². The number of carbonyl (C=O) groups is 1. The Morgan fingerprint density at radius 3 is 2.62 bits per heavy atom. The monoisotopic (exact) mass is 497 g/mol. The van der Waals surface area contributed by atoms with Gasteiger partial charge in [0.1, 0.15) is 10.0 Å². The number of aryl methyl sites for hydroxylation is 1. The van der Waals surface area contributed by atoms with E-state index in [1.165, 1.54) is 41.3 Å². The van der Waals surface area contributed by atoms with E-state index in [0.717, 1.165) is 23.8 Å². The molecule has 1 amide bonds. The molecule has 2 fully saturated rings. The molecule has 176 valence electrons. The second-order valence-electron chi connectivity index (χ2n) is 8.42.